The quantitative estimate of drug-likeness (QED) is 0.865. The highest BCUT2D eigenvalue weighted by Crippen LogP contribution is 2.18. The lowest BCUT2D eigenvalue weighted by Gasteiger charge is -1.97. The lowest BCUT2D eigenvalue weighted by Crippen LogP contribution is -1.99. The number of thioether (sulfide) groups is 1. The highest BCUT2D eigenvalue weighted by Gasteiger charge is 2.08. The number of hydrogen-bond donors (Lipinski definition) is 1. The molecule has 0 radical (unpaired) electrons. The molecule has 5 nitrogen and oxygen atoms in total. The van der Waals surface area contributed by atoms with Gasteiger partial charge in [0.2, 0.25) is 0 Å². The standard InChI is InChI=1S/C10H12N4OS/c1-16-6-9-13-10(15-14-9)7-2-3-12-8(4-7)5-11/h2-4H,5-6,11H2,1H3. The molecule has 2 rings (SSSR count). The first kappa shape index (κ1) is 11.1. The summed E-state index contributed by atoms with van der Waals surface area (Å²) in [5.74, 6) is 1.97. The molecule has 0 bridgehead atoms. The first-order valence-corrected chi connectivity index (χ1v) is 6.19. The molecule has 0 saturated heterocycles. The van der Waals surface area contributed by atoms with Crippen LogP contribution in [0.5, 0.6) is 0 Å². The smallest absolute Gasteiger partial charge is 0.258 e. The third kappa shape index (κ3) is 2.40. The van der Waals surface area contributed by atoms with E-state index in [9.17, 15) is 0 Å². The lowest BCUT2D eigenvalue weighted by atomic mass is 10.2. The van der Waals surface area contributed by atoms with E-state index in [1.165, 1.54) is 0 Å². The maximum atomic E-state index is 5.52. The van der Waals surface area contributed by atoms with Crippen molar-refractivity contribution in [3.8, 4) is 11.5 Å². The summed E-state index contributed by atoms with van der Waals surface area (Å²) in [6, 6.07) is 3.69. The predicted octanol–water partition coefficient (Wildman–Crippen LogP) is 1.45. The Morgan fingerprint density at radius 2 is 2.38 bits per heavy atom. The molecule has 84 valence electrons. The normalized spacial score (nSPS) is 10.6. The van der Waals surface area contributed by atoms with Gasteiger partial charge in [0.05, 0.1) is 11.4 Å². The van der Waals surface area contributed by atoms with E-state index in [-0.39, 0.29) is 0 Å². The number of hydrogen-bond acceptors (Lipinski definition) is 6. The van der Waals surface area contributed by atoms with Gasteiger partial charge in [-0.15, -0.1) is 0 Å². The van der Waals surface area contributed by atoms with E-state index in [4.69, 9.17) is 10.3 Å². The van der Waals surface area contributed by atoms with Crippen LogP contribution in [0.15, 0.2) is 22.9 Å². The second kappa shape index (κ2) is 5.09. The molecule has 16 heavy (non-hydrogen) atoms. The minimum absolute atomic E-state index is 0.402. The fourth-order valence-electron chi connectivity index (χ4n) is 1.28. The number of pyridine rings is 1. The molecule has 0 aliphatic heterocycles. The summed E-state index contributed by atoms with van der Waals surface area (Å²) in [5.41, 5.74) is 7.18. The second-order valence-electron chi connectivity index (χ2n) is 3.19. The highest BCUT2D eigenvalue weighted by molar-refractivity contribution is 7.97. The van der Waals surface area contributed by atoms with Crippen LogP contribution in [-0.4, -0.2) is 21.4 Å². The van der Waals surface area contributed by atoms with E-state index in [1.54, 1.807) is 18.0 Å². The van der Waals surface area contributed by atoms with Crippen LogP contribution in [-0.2, 0) is 12.3 Å². The van der Waals surface area contributed by atoms with Gasteiger partial charge in [-0.1, -0.05) is 5.16 Å². The van der Waals surface area contributed by atoms with Crippen molar-refractivity contribution >= 4 is 11.8 Å². The van der Waals surface area contributed by atoms with Gasteiger partial charge in [0, 0.05) is 18.3 Å². The van der Waals surface area contributed by atoms with Crippen molar-refractivity contribution in [2.45, 2.75) is 12.3 Å². The van der Waals surface area contributed by atoms with Crippen molar-refractivity contribution in [3.05, 3.63) is 29.8 Å². The number of rotatable bonds is 4. The molecular weight excluding hydrogens is 224 g/mol. The summed E-state index contributed by atoms with van der Waals surface area (Å²) >= 11 is 1.65. The Morgan fingerprint density at radius 3 is 3.12 bits per heavy atom. The molecule has 0 spiro atoms. The van der Waals surface area contributed by atoms with Crippen molar-refractivity contribution < 1.29 is 4.52 Å². The van der Waals surface area contributed by atoms with Crippen molar-refractivity contribution in [2.75, 3.05) is 6.26 Å². The maximum absolute atomic E-state index is 5.52. The fourth-order valence-corrected chi connectivity index (χ4v) is 1.66. The average Bonchev–Trinajstić information content (AvgIpc) is 2.78. The first-order chi connectivity index (χ1) is 7.83. The maximum Gasteiger partial charge on any atom is 0.258 e. The van der Waals surface area contributed by atoms with Gasteiger partial charge in [-0.2, -0.15) is 16.7 Å². The topological polar surface area (TPSA) is 77.8 Å². The zero-order valence-electron chi connectivity index (χ0n) is 8.88. The third-order valence-corrected chi connectivity index (χ3v) is 2.56. The SMILES string of the molecule is CSCc1noc(-c2ccnc(CN)c2)n1. The summed E-state index contributed by atoms with van der Waals surface area (Å²) in [6.07, 6.45) is 3.69. The van der Waals surface area contributed by atoms with Gasteiger partial charge in [-0.05, 0) is 18.4 Å². The largest absolute Gasteiger partial charge is 0.334 e. The Kier molecular flexibility index (Phi) is 3.53. The van der Waals surface area contributed by atoms with E-state index < -0.39 is 0 Å². The van der Waals surface area contributed by atoms with E-state index in [0.29, 0.717) is 18.3 Å². The van der Waals surface area contributed by atoms with Crippen LogP contribution in [0.1, 0.15) is 11.5 Å². The molecule has 0 atom stereocenters. The molecule has 0 fully saturated rings. The van der Waals surface area contributed by atoms with Crippen LogP contribution in [0.3, 0.4) is 0 Å². The molecule has 2 aromatic heterocycles. The Hall–Kier alpha value is -1.40. The molecular formula is C10H12N4OS. The number of nitrogens with two attached hydrogens (primary N) is 1. The molecule has 0 unspecified atom stereocenters. The van der Waals surface area contributed by atoms with Crippen LogP contribution in [0, 0.1) is 0 Å². The molecule has 0 saturated carbocycles. The summed E-state index contributed by atoms with van der Waals surface area (Å²) < 4.78 is 5.16. The van der Waals surface area contributed by atoms with Crippen LogP contribution in [0.4, 0.5) is 0 Å². The zero-order valence-corrected chi connectivity index (χ0v) is 9.70. The van der Waals surface area contributed by atoms with Crippen molar-refractivity contribution in [1.82, 2.24) is 15.1 Å². The van der Waals surface area contributed by atoms with Gasteiger partial charge >= 0.3 is 0 Å². The zero-order chi connectivity index (χ0) is 11.4. The molecule has 6 heteroatoms. The van der Waals surface area contributed by atoms with Crippen LogP contribution >= 0.6 is 11.8 Å². The second-order valence-corrected chi connectivity index (χ2v) is 4.05. The predicted molar refractivity (Wildman–Crippen MR) is 62.6 cm³/mol. The van der Waals surface area contributed by atoms with Crippen LogP contribution in [0.25, 0.3) is 11.5 Å². The van der Waals surface area contributed by atoms with Gasteiger partial charge in [0.15, 0.2) is 5.82 Å². The summed E-state index contributed by atoms with van der Waals surface area (Å²) in [5, 5.41) is 3.88. The molecule has 2 N–H and O–H groups in total. The molecule has 0 amide bonds. The van der Waals surface area contributed by atoms with Gasteiger partial charge in [0.25, 0.3) is 5.89 Å². The molecule has 0 aliphatic rings. The van der Waals surface area contributed by atoms with Crippen molar-refractivity contribution in [3.63, 3.8) is 0 Å². The Morgan fingerprint density at radius 1 is 1.50 bits per heavy atom. The van der Waals surface area contributed by atoms with E-state index in [2.05, 4.69) is 15.1 Å². The lowest BCUT2D eigenvalue weighted by molar-refractivity contribution is 0.425. The summed E-state index contributed by atoms with van der Waals surface area (Å²) in [7, 11) is 0. The van der Waals surface area contributed by atoms with Gasteiger partial charge in [0.1, 0.15) is 0 Å². The number of aromatic nitrogens is 3. The minimum atomic E-state index is 0.402. The third-order valence-electron chi connectivity index (χ3n) is 2.01. The molecule has 2 aromatic rings. The Labute approximate surface area is 97.5 Å². The van der Waals surface area contributed by atoms with E-state index in [1.807, 2.05) is 18.4 Å². The average molecular weight is 236 g/mol. The van der Waals surface area contributed by atoms with Crippen LogP contribution < -0.4 is 5.73 Å². The molecule has 0 aromatic carbocycles. The van der Waals surface area contributed by atoms with Gasteiger partial charge in [-0.3, -0.25) is 4.98 Å². The first-order valence-electron chi connectivity index (χ1n) is 4.80. The monoisotopic (exact) mass is 236 g/mol. The van der Waals surface area contributed by atoms with E-state index >= 15 is 0 Å². The highest BCUT2D eigenvalue weighted by atomic mass is 32.2. The molecule has 2 heterocycles. The van der Waals surface area contributed by atoms with Crippen LogP contribution in [0.2, 0.25) is 0 Å². The summed E-state index contributed by atoms with van der Waals surface area (Å²) in [4.78, 5) is 8.39. The Balaban J connectivity index is 2.27. The number of nitrogens with zero attached hydrogens (tertiary/aromatic N) is 3. The van der Waals surface area contributed by atoms with Crippen molar-refractivity contribution in [2.24, 2.45) is 5.73 Å². The Bertz CT molecular complexity index is 471. The fraction of sp³-hybridized carbons (Fsp3) is 0.300. The van der Waals surface area contributed by atoms with Gasteiger partial charge in [-0.25, -0.2) is 0 Å². The summed E-state index contributed by atoms with van der Waals surface area (Å²) in [6.45, 7) is 0.402. The molecule has 0 aliphatic carbocycles. The van der Waals surface area contributed by atoms with Gasteiger partial charge < -0.3 is 10.3 Å². The minimum Gasteiger partial charge on any atom is -0.334 e. The van der Waals surface area contributed by atoms with E-state index in [0.717, 1.165) is 17.0 Å². The van der Waals surface area contributed by atoms with Crippen molar-refractivity contribution in [1.29, 1.82) is 0 Å².